The van der Waals surface area contributed by atoms with Crippen molar-refractivity contribution in [3.05, 3.63) is 29.3 Å². The molecule has 18 heavy (non-hydrogen) atoms. The monoisotopic (exact) mass is 266 g/mol. The van der Waals surface area contributed by atoms with Crippen LogP contribution in [0.4, 0.5) is 0 Å². The lowest BCUT2D eigenvalue weighted by Crippen LogP contribution is -2.19. The van der Waals surface area contributed by atoms with Crippen LogP contribution < -0.4 is 4.74 Å². The molecule has 0 heterocycles. The van der Waals surface area contributed by atoms with Crippen molar-refractivity contribution < 1.29 is 4.74 Å². The summed E-state index contributed by atoms with van der Waals surface area (Å²) >= 11 is 4.38. The molecule has 0 fully saturated rings. The quantitative estimate of drug-likeness (QED) is 0.734. The van der Waals surface area contributed by atoms with Crippen LogP contribution in [-0.2, 0) is 0 Å². The third-order valence-electron chi connectivity index (χ3n) is 3.50. The smallest absolute Gasteiger partial charge is 0.119 e. The Morgan fingerprint density at radius 3 is 2.28 bits per heavy atom. The zero-order chi connectivity index (χ0) is 13.7. The van der Waals surface area contributed by atoms with E-state index < -0.39 is 0 Å². The van der Waals surface area contributed by atoms with Crippen LogP contribution in [0, 0.1) is 18.8 Å². The summed E-state index contributed by atoms with van der Waals surface area (Å²) in [5, 5.41) is 0. The van der Waals surface area contributed by atoms with Crippen LogP contribution in [-0.4, -0.2) is 12.4 Å². The van der Waals surface area contributed by atoms with Gasteiger partial charge in [-0.1, -0.05) is 33.8 Å². The van der Waals surface area contributed by atoms with Gasteiger partial charge in [0, 0.05) is 5.92 Å². The summed E-state index contributed by atoms with van der Waals surface area (Å²) in [5.41, 5.74) is 2.71. The van der Waals surface area contributed by atoms with Crippen molar-refractivity contribution in [2.24, 2.45) is 11.8 Å². The van der Waals surface area contributed by atoms with Crippen LogP contribution in [0.2, 0.25) is 0 Å². The average molecular weight is 266 g/mol. The van der Waals surface area contributed by atoms with Gasteiger partial charge in [-0.2, -0.15) is 12.6 Å². The summed E-state index contributed by atoms with van der Waals surface area (Å²) < 4.78 is 5.89. The molecule has 1 atom stereocenters. The van der Waals surface area contributed by atoms with Gasteiger partial charge in [-0.25, -0.2) is 0 Å². The van der Waals surface area contributed by atoms with Gasteiger partial charge in [-0.3, -0.25) is 0 Å². The van der Waals surface area contributed by atoms with E-state index in [0.717, 1.165) is 18.1 Å². The lowest BCUT2D eigenvalue weighted by atomic mass is 9.97. The first-order valence-electron chi connectivity index (χ1n) is 6.79. The number of hydrogen-bond donors (Lipinski definition) is 1. The molecule has 1 aromatic carbocycles. The molecule has 0 N–H and O–H groups in total. The first kappa shape index (κ1) is 15.4. The standard InChI is InChI=1S/C16H26OS/c1-11(2)14(10-18)9-17-15-6-7-16(12(3)4)13(5)8-15/h6-8,11-12,14,18H,9-10H2,1-5H3. The van der Waals surface area contributed by atoms with Crippen LogP contribution in [0.3, 0.4) is 0 Å². The summed E-state index contributed by atoms with van der Waals surface area (Å²) in [6.45, 7) is 11.8. The minimum absolute atomic E-state index is 0.512. The molecule has 0 spiro atoms. The maximum atomic E-state index is 5.89. The van der Waals surface area contributed by atoms with Crippen molar-refractivity contribution in [3.8, 4) is 5.75 Å². The first-order chi connectivity index (χ1) is 8.45. The van der Waals surface area contributed by atoms with Gasteiger partial charge < -0.3 is 4.74 Å². The number of hydrogen-bond acceptors (Lipinski definition) is 2. The van der Waals surface area contributed by atoms with Crippen molar-refractivity contribution in [3.63, 3.8) is 0 Å². The topological polar surface area (TPSA) is 9.23 Å². The maximum Gasteiger partial charge on any atom is 0.119 e. The van der Waals surface area contributed by atoms with Gasteiger partial charge in [-0.15, -0.1) is 0 Å². The second-order valence-corrected chi connectivity index (χ2v) is 6.04. The van der Waals surface area contributed by atoms with E-state index in [1.807, 2.05) is 0 Å². The van der Waals surface area contributed by atoms with Gasteiger partial charge in [0.25, 0.3) is 0 Å². The maximum absolute atomic E-state index is 5.89. The third-order valence-corrected chi connectivity index (χ3v) is 3.97. The third kappa shape index (κ3) is 4.24. The Morgan fingerprint density at radius 2 is 1.83 bits per heavy atom. The Balaban J connectivity index is 2.66. The van der Waals surface area contributed by atoms with E-state index in [-0.39, 0.29) is 0 Å². The van der Waals surface area contributed by atoms with Gasteiger partial charge in [-0.05, 0) is 47.8 Å². The zero-order valence-corrected chi connectivity index (χ0v) is 13.1. The minimum Gasteiger partial charge on any atom is -0.493 e. The molecule has 0 saturated carbocycles. The first-order valence-corrected chi connectivity index (χ1v) is 7.43. The highest BCUT2D eigenvalue weighted by Crippen LogP contribution is 2.24. The van der Waals surface area contributed by atoms with E-state index in [1.54, 1.807) is 0 Å². The predicted octanol–water partition coefficient (Wildman–Crippen LogP) is 4.70. The van der Waals surface area contributed by atoms with Crippen molar-refractivity contribution in [2.75, 3.05) is 12.4 Å². The fourth-order valence-corrected chi connectivity index (χ4v) is 2.57. The Labute approximate surface area is 117 Å². The van der Waals surface area contributed by atoms with Crippen LogP contribution in [0.25, 0.3) is 0 Å². The molecule has 0 aliphatic carbocycles. The van der Waals surface area contributed by atoms with Crippen molar-refractivity contribution in [1.82, 2.24) is 0 Å². The fraction of sp³-hybridized carbons (Fsp3) is 0.625. The normalized spacial score (nSPS) is 13.1. The molecule has 102 valence electrons. The van der Waals surface area contributed by atoms with Crippen molar-refractivity contribution >= 4 is 12.6 Å². The summed E-state index contributed by atoms with van der Waals surface area (Å²) in [6, 6.07) is 6.41. The van der Waals surface area contributed by atoms with Crippen molar-refractivity contribution in [2.45, 2.75) is 40.5 Å². The highest BCUT2D eigenvalue weighted by atomic mass is 32.1. The second kappa shape index (κ2) is 7.08. The largest absolute Gasteiger partial charge is 0.493 e. The van der Waals surface area contributed by atoms with E-state index in [9.17, 15) is 0 Å². The van der Waals surface area contributed by atoms with Crippen LogP contribution in [0.5, 0.6) is 5.75 Å². The molecule has 2 heteroatoms. The lowest BCUT2D eigenvalue weighted by Gasteiger charge is -2.19. The molecular formula is C16H26OS. The molecule has 0 aromatic heterocycles. The summed E-state index contributed by atoms with van der Waals surface area (Å²) in [4.78, 5) is 0. The molecule has 1 aromatic rings. The zero-order valence-electron chi connectivity index (χ0n) is 12.2. The van der Waals surface area contributed by atoms with Gasteiger partial charge >= 0.3 is 0 Å². The second-order valence-electron chi connectivity index (χ2n) is 5.67. The molecular weight excluding hydrogens is 240 g/mol. The molecule has 1 nitrogen and oxygen atoms in total. The SMILES string of the molecule is Cc1cc(OCC(CS)C(C)C)ccc1C(C)C. The molecule has 0 bridgehead atoms. The summed E-state index contributed by atoms with van der Waals surface area (Å²) in [7, 11) is 0. The van der Waals surface area contributed by atoms with Crippen LogP contribution in [0.15, 0.2) is 18.2 Å². The molecule has 0 saturated heterocycles. The lowest BCUT2D eigenvalue weighted by molar-refractivity contribution is 0.227. The molecule has 0 radical (unpaired) electrons. The van der Waals surface area contributed by atoms with E-state index >= 15 is 0 Å². The number of benzene rings is 1. The van der Waals surface area contributed by atoms with E-state index in [4.69, 9.17) is 4.74 Å². The van der Waals surface area contributed by atoms with Crippen LogP contribution >= 0.6 is 12.6 Å². The highest BCUT2D eigenvalue weighted by Gasteiger charge is 2.12. The molecule has 0 aliphatic heterocycles. The molecule has 1 rings (SSSR count). The van der Waals surface area contributed by atoms with Gasteiger partial charge in [0.2, 0.25) is 0 Å². The van der Waals surface area contributed by atoms with E-state index in [1.165, 1.54) is 11.1 Å². The number of thiol groups is 1. The van der Waals surface area contributed by atoms with Gasteiger partial charge in [0.15, 0.2) is 0 Å². The summed E-state index contributed by atoms with van der Waals surface area (Å²) in [6.07, 6.45) is 0. The average Bonchev–Trinajstić information content (AvgIpc) is 2.28. The minimum atomic E-state index is 0.512. The van der Waals surface area contributed by atoms with E-state index in [2.05, 4.69) is 65.4 Å². The fourth-order valence-electron chi connectivity index (χ4n) is 2.04. The van der Waals surface area contributed by atoms with Gasteiger partial charge in [0.1, 0.15) is 5.75 Å². The summed E-state index contributed by atoms with van der Waals surface area (Å²) in [5.74, 6) is 3.54. The number of rotatable bonds is 6. The van der Waals surface area contributed by atoms with Gasteiger partial charge in [0.05, 0.1) is 6.61 Å². The Morgan fingerprint density at radius 1 is 1.17 bits per heavy atom. The Hall–Kier alpha value is -0.630. The molecule has 0 amide bonds. The predicted molar refractivity (Wildman–Crippen MR) is 82.9 cm³/mol. The Kier molecular flexibility index (Phi) is 6.07. The molecule has 0 aliphatic rings. The number of ether oxygens (including phenoxy) is 1. The van der Waals surface area contributed by atoms with Crippen LogP contribution in [0.1, 0.15) is 44.7 Å². The molecule has 1 unspecified atom stereocenters. The Bertz CT molecular complexity index is 371. The van der Waals surface area contributed by atoms with E-state index in [0.29, 0.717) is 17.8 Å². The van der Waals surface area contributed by atoms with Crippen molar-refractivity contribution in [1.29, 1.82) is 0 Å². The number of aryl methyl sites for hydroxylation is 1. The highest BCUT2D eigenvalue weighted by molar-refractivity contribution is 7.80.